The monoisotopic (exact) mass is 297 g/mol. The van der Waals surface area contributed by atoms with Crippen molar-refractivity contribution >= 4 is 0 Å². The highest BCUT2D eigenvalue weighted by molar-refractivity contribution is 5.28. The standard InChI is InChI=1S/C15H27N3O3/c1-7-9-16-13(15(3,8-2)21-6)12-14(20-5)18-11(19-4)10-17-12/h10,13,16H,7-9H2,1-6H3. The minimum Gasteiger partial charge on any atom is -0.480 e. The number of aromatic nitrogens is 2. The zero-order valence-corrected chi connectivity index (χ0v) is 13.9. The molecule has 21 heavy (non-hydrogen) atoms. The van der Waals surface area contributed by atoms with Gasteiger partial charge in [0.2, 0.25) is 11.8 Å². The van der Waals surface area contributed by atoms with E-state index >= 15 is 0 Å². The zero-order chi connectivity index (χ0) is 15.9. The maximum atomic E-state index is 5.74. The Bertz CT molecular complexity index is 436. The van der Waals surface area contributed by atoms with Crippen molar-refractivity contribution in [1.82, 2.24) is 15.3 Å². The molecule has 1 N–H and O–H groups in total. The molecule has 0 amide bonds. The van der Waals surface area contributed by atoms with Crippen molar-refractivity contribution < 1.29 is 14.2 Å². The largest absolute Gasteiger partial charge is 0.480 e. The zero-order valence-electron chi connectivity index (χ0n) is 13.9. The van der Waals surface area contributed by atoms with Crippen molar-refractivity contribution in [2.75, 3.05) is 27.9 Å². The smallest absolute Gasteiger partial charge is 0.240 e. The quantitative estimate of drug-likeness (QED) is 0.755. The van der Waals surface area contributed by atoms with Gasteiger partial charge in [-0.1, -0.05) is 13.8 Å². The molecule has 1 aromatic rings. The molecule has 0 aliphatic carbocycles. The molecule has 120 valence electrons. The van der Waals surface area contributed by atoms with E-state index in [1.54, 1.807) is 27.5 Å². The lowest BCUT2D eigenvalue weighted by atomic mass is 9.90. The Balaban J connectivity index is 3.25. The summed E-state index contributed by atoms with van der Waals surface area (Å²) in [4.78, 5) is 8.80. The van der Waals surface area contributed by atoms with Crippen LogP contribution in [0.5, 0.6) is 11.8 Å². The van der Waals surface area contributed by atoms with Crippen LogP contribution in [0.25, 0.3) is 0 Å². The SMILES string of the molecule is CCCNC(c1ncc(OC)nc1OC)C(C)(CC)OC. The third-order valence-electron chi connectivity index (χ3n) is 3.80. The summed E-state index contributed by atoms with van der Waals surface area (Å²) in [5, 5.41) is 3.49. The van der Waals surface area contributed by atoms with Crippen LogP contribution in [0.1, 0.15) is 45.3 Å². The van der Waals surface area contributed by atoms with Crippen LogP contribution in [-0.2, 0) is 4.74 Å². The van der Waals surface area contributed by atoms with E-state index < -0.39 is 5.60 Å². The van der Waals surface area contributed by atoms with Gasteiger partial charge in [-0.2, -0.15) is 4.98 Å². The van der Waals surface area contributed by atoms with Gasteiger partial charge in [0.25, 0.3) is 0 Å². The highest BCUT2D eigenvalue weighted by Crippen LogP contribution is 2.35. The van der Waals surface area contributed by atoms with Gasteiger partial charge < -0.3 is 19.5 Å². The lowest BCUT2D eigenvalue weighted by Crippen LogP contribution is -2.43. The lowest BCUT2D eigenvalue weighted by Gasteiger charge is -2.36. The molecule has 0 bridgehead atoms. The van der Waals surface area contributed by atoms with E-state index in [9.17, 15) is 0 Å². The number of methoxy groups -OCH3 is 3. The molecule has 0 saturated carbocycles. The summed E-state index contributed by atoms with van der Waals surface area (Å²) >= 11 is 0. The summed E-state index contributed by atoms with van der Waals surface area (Å²) in [5.74, 6) is 0.889. The average molecular weight is 297 g/mol. The first kappa shape index (κ1) is 17.7. The van der Waals surface area contributed by atoms with Gasteiger partial charge in [0, 0.05) is 7.11 Å². The van der Waals surface area contributed by atoms with Crippen LogP contribution in [-0.4, -0.2) is 43.4 Å². The fourth-order valence-electron chi connectivity index (χ4n) is 2.17. The van der Waals surface area contributed by atoms with Gasteiger partial charge in [-0.25, -0.2) is 4.98 Å². The number of hydrogen-bond donors (Lipinski definition) is 1. The molecule has 1 heterocycles. The minimum atomic E-state index is -0.397. The molecule has 2 atom stereocenters. The third-order valence-corrected chi connectivity index (χ3v) is 3.80. The Kier molecular flexibility index (Phi) is 6.84. The Morgan fingerprint density at radius 3 is 2.43 bits per heavy atom. The highest BCUT2D eigenvalue weighted by Gasteiger charge is 2.37. The third kappa shape index (κ3) is 4.04. The van der Waals surface area contributed by atoms with Crippen LogP contribution in [0.4, 0.5) is 0 Å². The summed E-state index contributed by atoms with van der Waals surface area (Å²) < 4.78 is 16.2. The summed E-state index contributed by atoms with van der Waals surface area (Å²) in [6.45, 7) is 7.14. The predicted molar refractivity (Wildman–Crippen MR) is 81.9 cm³/mol. The molecule has 0 fully saturated rings. The van der Waals surface area contributed by atoms with Gasteiger partial charge in [0.1, 0.15) is 5.69 Å². The fraction of sp³-hybridized carbons (Fsp3) is 0.733. The van der Waals surface area contributed by atoms with E-state index in [1.807, 2.05) is 0 Å². The Hall–Kier alpha value is -1.40. The molecule has 0 spiro atoms. The molecule has 0 aliphatic rings. The molecule has 0 radical (unpaired) electrons. The van der Waals surface area contributed by atoms with E-state index in [1.165, 1.54) is 0 Å². The predicted octanol–water partition coefficient (Wildman–Crippen LogP) is 2.35. The van der Waals surface area contributed by atoms with Crippen molar-refractivity contribution in [1.29, 1.82) is 0 Å². The van der Waals surface area contributed by atoms with E-state index in [-0.39, 0.29) is 6.04 Å². The van der Waals surface area contributed by atoms with Crippen LogP contribution in [0, 0.1) is 0 Å². The van der Waals surface area contributed by atoms with Crippen molar-refractivity contribution in [3.05, 3.63) is 11.9 Å². The number of nitrogens with one attached hydrogen (secondary N) is 1. The second kappa shape index (κ2) is 8.14. The molecule has 0 aliphatic heterocycles. The van der Waals surface area contributed by atoms with Crippen LogP contribution in [0.15, 0.2) is 6.20 Å². The molecule has 6 heteroatoms. The second-order valence-corrected chi connectivity index (χ2v) is 5.06. The van der Waals surface area contributed by atoms with Crippen LogP contribution < -0.4 is 14.8 Å². The molecule has 0 aromatic carbocycles. The van der Waals surface area contributed by atoms with Crippen LogP contribution in [0.3, 0.4) is 0 Å². The number of hydrogen-bond acceptors (Lipinski definition) is 6. The maximum Gasteiger partial charge on any atom is 0.240 e. The van der Waals surface area contributed by atoms with Gasteiger partial charge in [-0.3, -0.25) is 0 Å². The summed E-state index contributed by atoms with van der Waals surface area (Å²) in [5.41, 5.74) is 0.337. The van der Waals surface area contributed by atoms with Gasteiger partial charge >= 0.3 is 0 Å². The van der Waals surface area contributed by atoms with E-state index in [0.29, 0.717) is 11.8 Å². The van der Waals surface area contributed by atoms with E-state index in [0.717, 1.165) is 25.1 Å². The number of ether oxygens (including phenoxy) is 3. The first-order valence-electron chi connectivity index (χ1n) is 7.29. The second-order valence-electron chi connectivity index (χ2n) is 5.06. The molecule has 1 rings (SSSR count). The average Bonchev–Trinajstić information content (AvgIpc) is 2.54. The van der Waals surface area contributed by atoms with Crippen molar-refractivity contribution in [2.45, 2.75) is 45.3 Å². The minimum absolute atomic E-state index is 0.110. The lowest BCUT2D eigenvalue weighted by molar-refractivity contribution is -0.0318. The van der Waals surface area contributed by atoms with Crippen LogP contribution >= 0.6 is 0 Å². The first-order valence-corrected chi connectivity index (χ1v) is 7.29. The fourth-order valence-corrected chi connectivity index (χ4v) is 2.17. The molecule has 1 aromatic heterocycles. The number of rotatable bonds is 9. The first-order chi connectivity index (χ1) is 10.1. The summed E-state index contributed by atoms with van der Waals surface area (Å²) in [7, 11) is 4.86. The van der Waals surface area contributed by atoms with E-state index in [2.05, 4.69) is 36.1 Å². The van der Waals surface area contributed by atoms with Crippen molar-refractivity contribution in [3.63, 3.8) is 0 Å². The van der Waals surface area contributed by atoms with Crippen LogP contribution in [0.2, 0.25) is 0 Å². The van der Waals surface area contributed by atoms with Crippen molar-refractivity contribution in [2.24, 2.45) is 0 Å². The van der Waals surface area contributed by atoms with Gasteiger partial charge in [0.05, 0.1) is 32.1 Å². The molecule has 2 unspecified atom stereocenters. The van der Waals surface area contributed by atoms with Crippen molar-refractivity contribution in [3.8, 4) is 11.8 Å². The van der Waals surface area contributed by atoms with E-state index in [4.69, 9.17) is 14.2 Å². The maximum absolute atomic E-state index is 5.74. The normalized spacial score (nSPS) is 15.3. The number of nitrogens with zero attached hydrogens (tertiary/aromatic N) is 2. The Morgan fingerprint density at radius 1 is 1.24 bits per heavy atom. The van der Waals surface area contributed by atoms with Gasteiger partial charge in [0.15, 0.2) is 0 Å². The molecular weight excluding hydrogens is 270 g/mol. The Labute approximate surface area is 127 Å². The topological polar surface area (TPSA) is 65.5 Å². The van der Waals surface area contributed by atoms with Gasteiger partial charge in [-0.15, -0.1) is 0 Å². The Morgan fingerprint density at radius 2 is 1.95 bits per heavy atom. The molecule has 6 nitrogen and oxygen atoms in total. The van der Waals surface area contributed by atoms with Gasteiger partial charge in [-0.05, 0) is 26.3 Å². The molecule has 0 saturated heterocycles. The summed E-state index contributed by atoms with van der Waals surface area (Å²) in [6, 6.07) is -0.110. The highest BCUT2D eigenvalue weighted by atomic mass is 16.5. The molecular formula is C15H27N3O3. The summed E-state index contributed by atoms with van der Waals surface area (Å²) in [6.07, 6.45) is 3.46.